The Balaban J connectivity index is 2.18. The molecular weight excluding hydrogens is 322 g/mol. The van der Waals surface area contributed by atoms with Crippen LogP contribution in [0.4, 0.5) is 11.4 Å². The molecule has 0 bridgehead atoms. The molecule has 0 radical (unpaired) electrons. The minimum Gasteiger partial charge on any atom is -0.478 e. The SMILES string of the molecule is CN(Cc1ccc(Br)cn1)c1ccc(C(=O)O)cc1N. The highest BCUT2D eigenvalue weighted by Crippen LogP contribution is 2.24. The molecule has 6 heteroatoms. The molecule has 2 rings (SSSR count). The number of pyridine rings is 1. The second-order valence-corrected chi connectivity index (χ2v) is 5.32. The number of nitrogens with two attached hydrogens (primary N) is 1. The molecule has 1 aromatic carbocycles. The second kappa shape index (κ2) is 5.92. The molecular formula is C14H14BrN3O2. The Morgan fingerprint density at radius 3 is 2.70 bits per heavy atom. The van der Waals surface area contributed by atoms with E-state index in [4.69, 9.17) is 10.8 Å². The monoisotopic (exact) mass is 335 g/mol. The maximum absolute atomic E-state index is 10.9. The lowest BCUT2D eigenvalue weighted by molar-refractivity contribution is 0.0697. The summed E-state index contributed by atoms with van der Waals surface area (Å²) < 4.78 is 0.925. The van der Waals surface area contributed by atoms with Crippen molar-refractivity contribution in [2.75, 3.05) is 17.7 Å². The van der Waals surface area contributed by atoms with E-state index in [9.17, 15) is 4.79 Å². The summed E-state index contributed by atoms with van der Waals surface area (Å²) in [5, 5.41) is 8.92. The summed E-state index contributed by atoms with van der Waals surface area (Å²) in [5.74, 6) is -0.986. The first kappa shape index (κ1) is 14.3. The van der Waals surface area contributed by atoms with Gasteiger partial charge < -0.3 is 15.7 Å². The highest BCUT2D eigenvalue weighted by molar-refractivity contribution is 9.10. The van der Waals surface area contributed by atoms with E-state index in [0.29, 0.717) is 12.2 Å². The largest absolute Gasteiger partial charge is 0.478 e. The third kappa shape index (κ3) is 3.27. The average molecular weight is 336 g/mol. The van der Waals surface area contributed by atoms with Crippen molar-refractivity contribution in [2.45, 2.75) is 6.54 Å². The average Bonchev–Trinajstić information content (AvgIpc) is 2.41. The number of carbonyl (C=O) groups is 1. The predicted octanol–water partition coefficient (Wildman–Crippen LogP) is 2.76. The van der Waals surface area contributed by atoms with Crippen LogP contribution in [-0.4, -0.2) is 23.1 Å². The highest BCUT2D eigenvalue weighted by Gasteiger charge is 2.10. The molecule has 0 spiro atoms. The van der Waals surface area contributed by atoms with Gasteiger partial charge in [-0.05, 0) is 46.3 Å². The molecule has 20 heavy (non-hydrogen) atoms. The van der Waals surface area contributed by atoms with Crippen LogP contribution in [0.25, 0.3) is 0 Å². The number of hydrogen-bond acceptors (Lipinski definition) is 4. The van der Waals surface area contributed by atoms with Crippen molar-refractivity contribution in [1.29, 1.82) is 0 Å². The summed E-state index contributed by atoms with van der Waals surface area (Å²) in [6.45, 7) is 0.587. The fourth-order valence-corrected chi connectivity index (χ4v) is 2.10. The number of carboxylic acids is 1. The smallest absolute Gasteiger partial charge is 0.335 e. The van der Waals surface area contributed by atoms with E-state index in [0.717, 1.165) is 15.9 Å². The highest BCUT2D eigenvalue weighted by atomic mass is 79.9. The normalized spacial score (nSPS) is 10.3. The van der Waals surface area contributed by atoms with E-state index in [1.165, 1.54) is 6.07 Å². The van der Waals surface area contributed by atoms with Crippen LogP contribution in [0.1, 0.15) is 16.1 Å². The van der Waals surface area contributed by atoms with Gasteiger partial charge in [-0.3, -0.25) is 4.98 Å². The van der Waals surface area contributed by atoms with Crippen molar-refractivity contribution in [3.8, 4) is 0 Å². The molecule has 0 aliphatic carbocycles. The van der Waals surface area contributed by atoms with Gasteiger partial charge in [-0.1, -0.05) is 0 Å². The van der Waals surface area contributed by atoms with Gasteiger partial charge in [-0.2, -0.15) is 0 Å². The van der Waals surface area contributed by atoms with Crippen LogP contribution < -0.4 is 10.6 Å². The molecule has 1 aromatic heterocycles. The van der Waals surface area contributed by atoms with Crippen molar-refractivity contribution < 1.29 is 9.90 Å². The summed E-state index contributed by atoms with van der Waals surface area (Å²) in [4.78, 5) is 17.1. The first-order valence-electron chi connectivity index (χ1n) is 5.92. The number of benzene rings is 1. The molecule has 104 valence electrons. The summed E-state index contributed by atoms with van der Waals surface area (Å²) in [6.07, 6.45) is 1.74. The van der Waals surface area contributed by atoms with E-state index in [-0.39, 0.29) is 5.56 Å². The molecule has 0 aliphatic rings. The molecule has 0 amide bonds. The Morgan fingerprint density at radius 2 is 2.15 bits per heavy atom. The number of hydrogen-bond donors (Lipinski definition) is 2. The van der Waals surface area contributed by atoms with Gasteiger partial charge in [0.15, 0.2) is 0 Å². The molecule has 1 heterocycles. The van der Waals surface area contributed by atoms with Crippen molar-refractivity contribution in [3.05, 3.63) is 52.3 Å². The van der Waals surface area contributed by atoms with Crippen molar-refractivity contribution in [1.82, 2.24) is 4.98 Å². The lowest BCUT2D eigenvalue weighted by Crippen LogP contribution is -2.18. The van der Waals surface area contributed by atoms with Crippen LogP contribution in [0, 0.1) is 0 Å². The zero-order chi connectivity index (χ0) is 14.7. The molecule has 0 saturated carbocycles. The summed E-state index contributed by atoms with van der Waals surface area (Å²) >= 11 is 3.34. The number of aromatic carboxylic acids is 1. The van der Waals surface area contributed by atoms with Gasteiger partial charge in [0.2, 0.25) is 0 Å². The third-order valence-electron chi connectivity index (χ3n) is 2.87. The number of nitrogen functional groups attached to an aromatic ring is 1. The molecule has 0 unspecified atom stereocenters. The third-order valence-corrected chi connectivity index (χ3v) is 3.34. The molecule has 0 atom stereocenters. The standard InChI is InChI=1S/C14H14BrN3O2/c1-18(8-11-4-3-10(15)7-17-11)13-5-2-9(14(19)20)6-12(13)16/h2-7H,8,16H2,1H3,(H,19,20). The van der Waals surface area contributed by atoms with Gasteiger partial charge in [0.1, 0.15) is 0 Å². The van der Waals surface area contributed by atoms with Crippen molar-refractivity contribution in [3.63, 3.8) is 0 Å². The van der Waals surface area contributed by atoms with E-state index in [1.54, 1.807) is 18.3 Å². The van der Waals surface area contributed by atoms with Crippen molar-refractivity contribution >= 4 is 33.3 Å². The van der Waals surface area contributed by atoms with Gasteiger partial charge in [-0.15, -0.1) is 0 Å². The minimum absolute atomic E-state index is 0.182. The van der Waals surface area contributed by atoms with Crippen LogP contribution in [0.15, 0.2) is 41.0 Å². The molecule has 2 aromatic rings. The van der Waals surface area contributed by atoms with Crippen LogP contribution in [0.3, 0.4) is 0 Å². The number of nitrogens with zero attached hydrogens (tertiary/aromatic N) is 2. The summed E-state index contributed by atoms with van der Waals surface area (Å²) in [5.41, 5.74) is 8.20. The number of halogens is 1. The van der Waals surface area contributed by atoms with Gasteiger partial charge >= 0.3 is 5.97 Å². The zero-order valence-electron chi connectivity index (χ0n) is 10.9. The Kier molecular flexibility index (Phi) is 4.24. The number of aromatic nitrogens is 1. The van der Waals surface area contributed by atoms with Crippen LogP contribution in [-0.2, 0) is 6.54 Å². The maximum Gasteiger partial charge on any atom is 0.335 e. The van der Waals surface area contributed by atoms with Crippen LogP contribution in [0.5, 0.6) is 0 Å². The summed E-state index contributed by atoms with van der Waals surface area (Å²) in [7, 11) is 1.88. The summed E-state index contributed by atoms with van der Waals surface area (Å²) in [6, 6.07) is 8.55. The van der Waals surface area contributed by atoms with E-state index in [1.807, 2.05) is 24.1 Å². The van der Waals surface area contributed by atoms with Gasteiger partial charge in [-0.25, -0.2) is 4.79 Å². The first-order chi connectivity index (χ1) is 9.47. The second-order valence-electron chi connectivity index (χ2n) is 4.40. The maximum atomic E-state index is 10.9. The van der Waals surface area contributed by atoms with Gasteiger partial charge in [0.05, 0.1) is 29.2 Å². The molecule has 5 nitrogen and oxygen atoms in total. The van der Waals surface area contributed by atoms with Crippen LogP contribution >= 0.6 is 15.9 Å². The topological polar surface area (TPSA) is 79.5 Å². The van der Waals surface area contributed by atoms with E-state index in [2.05, 4.69) is 20.9 Å². The number of carboxylic acid groups (broad SMARTS) is 1. The van der Waals surface area contributed by atoms with Crippen LogP contribution in [0.2, 0.25) is 0 Å². The van der Waals surface area contributed by atoms with Crippen molar-refractivity contribution in [2.24, 2.45) is 0 Å². The fourth-order valence-electron chi connectivity index (χ4n) is 1.86. The molecule has 3 N–H and O–H groups in total. The fraction of sp³-hybridized carbons (Fsp3) is 0.143. The molecule has 0 aliphatic heterocycles. The lowest BCUT2D eigenvalue weighted by atomic mass is 10.1. The molecule has 0 fully saturated rings. The molecule has 0 saturated heterocycles. The Labute approximate surface area is 125 Å². The predicted molar refractivity (Wildman–Crippen MR) is 81.9 cm³/mol. The van der Waals surface area contributed by atoms with Gasteiger partial charge in [0.25, 0.3) is 0 Å². The lowest BCUT2D eigenvalue weighted by Gasteiger charge is -2.21. The van der Waals surface area contributed by atoms with Gasteiger partial charge in [0, 0.05) is 17.7 Å². The first-order valence-corrected chi connectivity index (χ1v) is 6.71. The Bertz CT molecular complexity index is 629. The number of anilines is 2. The van der Waals surface area contributed by atoms with E-state index < -0.39 is 5.97 Å². The minimum atomic E-state index is -0.986. The van der Waals surface area contributed by atoms with E-state index >= 15 is 0 Å². The zero-order valence-corrected chi connectivity index (χ0v) is 12.5. The number of rotatable bonds is 4. The Morgan fingerprint density at radius 1 is 1.40 bits per heavy atom. The Hall–Kier alpha value is -2.08. The quantitative estimate of drug-likeness (QED) is 0.840.